The number of amides is 1. The van der Waals surface area contributed by atoms with E-state index in [9.17, 15) is 9.59 Å². The Morgan fingerprint density at radius 1 is 1.32 bits per heavy atom. The van der Waals surface area contributed by atoms with E-state index >= 15 is 0 Å². The third-order valence-corrected chi connectivity index (χ3v) is 3.54. The molecule has 6 heteroatoms. The van der Waals surface area contributed by atoms with Gasteiger partial charge in [0.1, 0.15) is 12.4 Å². The predicted molar refractivity (Wildman–Crippen MR) is 95.4 cm³/mol. The van der Waals surface area contributed by atoms with Gasteiger partial charge in [-0.25, -0.2) is 4.79 Å². The first kappa shape index (κ1) is 20.3. The van der Waals surface area contributed by atoms with Crippen LogP contribution in [0.4, 0.5) is 4.79 Å². The minimum Gasteiger partial charge on any atom is -0.497 e. The van der Waals surface area contributed by atoms with Crippen LogP contribution >= 0.6 is 0 Å². The maximum atomic E-state index is 12.0. The van der Waals surface area contributed by atoms with Gasteiger partial charge in [-0.1, -0.05) is 43.9 Å². The van der Waals surface area contributed by atoms with E-state index in [0.717, 1.165) is 5.56 Å². The Morgan fingerprint density at radius 2 is 2.08 bits per heavy atom. The number of hydrogen-bond acceptors (Lipinski definition) is 5. The molecule has 0 bridgehead atoms. The van der Waals surface area contributed by atoms with E-state index in [1.165, 1.54) is 13.2 Å². The molecule has 0 fully saturated rings. The van der Waals surface area contributed by atoms with Crippen LogP contribution in [0.25, 0.3) is 0 Å². The number of esters is 1. The Balaban J connectivity index is 2.94. The fraction of sp³-hybridized carbons (Fsp3) is 0.368. The van der Waals surface area contributed by atoms with E-state index < -0.39 is 6.09 Å². The average Bonchev–Trinajstić information content (AvgIpc) is 2.63. The number of hydrogen-bond donors (Lipinski definition) is 1. The van der Waals surface area contributed by atoms with Crippen LogP contribution < -0.4 is 10.1 Å². The number of rotatable bonds is 9. The average molecular weight is 347 g/mol. The number of methoxy groups -OCH3 is 2. The number of benzene rings is 1. The lowest BCUT2D eigenvalue weighted by Gasteiger charge is -2.23. The molecule has 1 amide bonds. The summed E-state index contributed by atoms with van der Waals surface area (Å²) in [6, 6.07) is 7.08. The van der Waals surface area contributed by atoms with E-state index in [2.05, 4.69) is 16.6 Å². The van der Waals surface area contributed by atoms with Crippen molar-refractivity contribution >= 4 is 12.1 Å². The molecule has 0 aliphatic rings. The number of carbonyl (C=O) groups excluding carboxylic acids is 2. The van der Waals surface area contributed by atoms with Crippen molar-refractivity contribution in [3.63, 3.8) is 0 Å². The molecule has 1 aromatic rings. The van der Waals surface area contributed by atoms with Gasteiger partial charge in [-0.05, 0) is 23.6 Å². The summed E-state index contributed by atoms with van der Waals surface area (Å²) in [5.74, 6) is 0.280. The highest BCUT2D eigenvalue weighted by molar-refractivity contribution is 5.71. The Labute approximate surface area is 148 Å². The molecule has 0 aliphatic heterocycles. The van der Waals surface area contributed by atoms with Crippen molar-refractivity contribution in [3.05, 3.63) is 54.6 Å². The first-order valence-corrected chi connectivity index (χ1v) is 7.93. The molecule has 0 saturated carbocycles. The summed E-state index contributed by atoms with van der Waals surface area (Å²) >= 11 is 0. The summed E-state index contributed by atoms with van der Waals surface area (Å²) in [7, 11) is 2.93. The van der Waals surface area contributed by atoms with Crippen LogP contribution in [0, 0.1) is 5.92 Å². The highest BCUT2D eigenvalue weighted by Crippen LogP contribution is 2.26. The fourth-order valence-corrected chi connectivity index (χ4v) is 2.23. The van der Waals surface area contributed by atoms with Gasteiger partial charge in [-0.2, -0.15) is 0 Å². The third-order valence-electron chi connectivity index (χ3n) is 3.54. The molecule has 0 heterocycles. The highest BCUT2D eigenvalue weighted by atomic mass is 16.5. The molecule has 1 rings (SSSR count). The van der Waals surface area contributed by atoms with E-state index in [1.54, 1.807) is 13.2 Å². The van der Waals surface area contributed by atoms with Gasteiger partial charge in [0.15, 0.2) is 0 Å². The van der Waals surface area contributed by atoms with Crippen molar-refractivity contribution in [2.24, 2.45) is 5.92 Å². The van der Waals surface area contributed by atoms with Gasteiger partial charge in [0.2, 0.25) is 0 Å². The van der Waals surface area contributed by atoms with Gasteiger partial charge >= 0.3 is 12.1 Å². The van der Waals surface area contributed by atoms with E-state index in [1.807, 2.05) is 37.3 Å². The Hall–Kier alpha value is -2.76. The molecule has 0 saturated heterocycles. The second-order valence-electron chi connectivity index (χ2n) is 5.35. The summed E-state index contributed by atoms with van der Waals surface area (Å²) in [5.41, 5.74) is 0.866. The summed E-state index contributed by atoms with van der Waals surface area (Å²) in [6.45, 7) is 5.58. The quantitative estimate of drug-likeness (QED) is 0.547. The van der Waals surface area contributed by atoms with Gasteiger partial charge in [0.25, 0.3) is 0 Å². The van der Waals surface area contributed by atoms with Crippen molar-refractivity contribution in [2.45, 2.75) is 19.4 Å². The van der Waals surface area contributed by atoms with Crippen LogP contribution in [0.3, 0.4) is 0 Å². The Bertz CT molecular complexity index is 612. The van der Waals surface area contributed by atoms with Crippen molar-refractivity contribution in [2.75, 3.05) is 20.8 Å². The van der Waals surface area contributed by atoms with E-state index in [-0.39, 0.29) is 31.0 Å². The van der Waals surface area contributed by atoms with Crippen LogP contribution in [0.15, 0.2) is 49.1 Å². The van der Waals surface area contributed by atoms with Crippen molar-refractivity contribution < 1.29 is 23.8 Å². The Morgan fingerprint density at radius 3 is 2.72 bits per heavy atom. The molecular weight excluding hydrogens is 322 g/mol. The SMILES string of the molecule is C=CCOC(=O)NC(c1cccc(OC)c1)C(C)C=CCC(=O)OC. The molecule has 0 aromatic heterocycles. The zero-order valence-electron chi connectivity index (χ0n) is 14.9. The summed E-state index contributed by atoms with van der Waals surface area (Å²) < 4.78 is 14.9. The lowest BCUT2D eigenvalue weighted by atomic mass is 9.93. The number of carbonyl (C=O) groups is 2. The van der Waals surface area contributed by atoms with Crippen LogP contribution in [0.1, 0.15) is 24.9 Å². The molecule has 0 aliphatic carbocycles. The van der Waals surface area contributed by atoms with Gasteiger partial charge < -0.3 is 19.5 Å². The topological polar surface area (TPSA) is 73.9 Å². The minimum absolute atomic E-state index is 0.0898. The van der Waals surface area contributed by atoms with Crippen LogP contribution in [0.5, 0.6) is 5.75 Å². The molecule has 2 atom stereocenters. The lowest BCUT2D eigenvalue weighted by Crippen LogP contribution is -2.32. The minimum atomic E-state index is -0.541. The van der Waals surface area contributed by atoms with Crippen LogP contribution in [0.2, 0.25) is 0 Å². The van der Waals surface area contributed by atoms with E-state index in [4.69, 9.17) is 9.47 Å². The summed E-state index contributed by atoms with van der Waals surface area (Å²) in [4.78, 5) is 23.2. The number of alkyl carbamates (subject to hydrolysis) is 1. The molecule has 0 spiro atoms. The second kappa shape index (κ2) is 10.9. The standard InChI is InChI=1S/C19H25NO5/c1-5-12-25-19(22)20-18(14(2)8-6-11-17(21)24-4)15-9-7-10-16(13-15)23-3/h5-10,13-14,18H,1,11-12H2,2-4H3,(H,20,22). The Kier molecular flexibility index (Phi) is 8.85. The summed E-state index contributed by atoms with van der Waals surface area (Å²) in [5, 5.41) is 2.84. The summed E-state index contributed by atoms with van der Waals surface area (Å²) in [6.07, 6.45) is 4.71. The normalized spacial score (nSPS) is 12.9. The van der Waals surface area contributed by atoms with Gasteiger partial charge in [0.05, 0.1) is 26.7 Å². The zero-order valence-corrected chi connectivity index (χ0v) is 14.9. The highest BCUT2D eigenvalue weighted by Gasteiger charge is 2.21. The lowest BCUT2D eigenvalue weighted by molar-refractivity contribution is -0.139. The second-order valence-corrected chi connectivity index (χ2v) is 5.35. The van der Waals surface area contributed by atoms with Gasteiger partial charge in [-0.15, -0.1) is 0 Å². The molecule has 0 radical (unpaired) electrons. The maximum Gasteiger partial charge on any atom is 0.407 e. The van der Waals surface area contributed by atoms with Crippen molar-refractivity contribution in [1.29, 1.82) is 0 Å². The fourth-order valence-electron chi connectivity index (χ4n) is 2.23. The first-order valence-electron chi connectivity index (χ1n) is 7.93. The largest absolute Gasteiger partial charge is 0.497 e. The number of ether oxygens (including phenoxy) is 3. The van der Waals surface area contributed by atoms with Gasteiger partial charge in [-0.3, -0.25) is 4.79 Å². The van der Waals surface area contributed by atoms with Crippen molar-refractivity contribution in [1.82, 2.24) is 5.32 Å². The monoisotopic (exact) mass is 347 g/mol. The molecule has 2 unspecified atom stereocenters. The smallest absolute Gasteiger partial charge is 0.407 e. The number of nitrogens with one attached hydrogen (secondary N) is 1. The zero-order chi connectivity index (χ0) is 18.7. The molecule has 1 aromatic carbocycles. The molecule has 25 heavy (non-hydrogen) atoms. The van der Waals surface area contributed by atoms with Gasteiger partial charge in [0, 0.05) is 0 Å². The molecule has 6 nitrogen and oxygen atoms in total. The first-order chi connectivity index (χ1) is 12.0. The third kappa shape index (κ3) is 7.12. The molecule has 1 N–H and O–H groups in total. The van der Waals surface area contributed by atoms with E-state index in [0.29, 0.717) is 5.75 Å². The van der Waals surface area contributed by atoms with Crippen molar-refractivity contribution in [3.8, 4) is 5.75 Å². The van der Waals surface area contributed by atoms with Crippen LogP contribution in [-0.2, 0) is 14.3 Å². The predicted octanol–water partition coefficient (Wildman–Crippen LogP) is 3.40. The van der Waals surface area contributed by atoms with Crippen LogP contribution in [-0.4, -0.2) is 32.9 Å². The maximum absolute atomic E-state index is 12.0. The molecular formula is C19H25NO5. The molecule has 136 valence electrons.